The van der Waals surface area contributed by atoms with Crippen LogP contribution in [-0.4, -0.2) is 54.8 Å². The van der Waals surface area contributed by atoms with Gasteiger partial charge in [0.2, 0.25) is 0 Å². The number of fused-ring (bicyclic) bond motifs is 4. The van der Waals surface area contributed by atoms with E-state index in [0.717, 1.165) is 31.5 Å². The fourth-order valence-electron chi connectivity index (χ4n) is 4.04. The zero-order chi connectivity index (χ0) is 16.7. The molecule has 4 aliphatic heterocycles. The monoisotopic (exact) mass is 333 g/mol. The van der Waals surface area contributed by atoms with Gasteiger partial charge in [0.15, 0.2) is 17.1 Å². The lowest BCUT2D eigenvalue weighted by molar-refractivity contribution is -0.194. The Morgan fingerprint density at radius 3 is 2.50 bits per heavy atom. The molecule has 4 heterocycles. The third kappa shape index (κ3) is 2.39. The molecule has 128 valence electrons. The Hall–Kier alpha value is -2.28. The molecule has 1 aromatic rings. The van der Waals surface area contributed by atoms with E-state index >= 15 is 0 Å². The number of esters is 1. The van der Waals surface area contributed by atoms with Crippen LogP contribution in [0.2, 0.25) is 0 Å². The van der Waals surface area contributed by atoms with E-state index in [1.807, 2.05) is 12.1 Å². The quantitative estimate of drug-likeness (QED) is 0.638. The first-order valence-corrected chi connectivity index (χ1v) is 8.17. The van der Waals surface area contributed by atoms with Gasteiger partial charge in [0.05, 0.1) is 0 Å². The maximum Gasteiger partial charge on any atom is 0.418 e. The summed E-state index contributed by atoms with van der Waals surface area (Å²) in [5.74, 6) is -1.40. The lowest BCUT2D eigenvalue weighted by atomic mass is 9.71. The van der Waals surface area contributed by atoms with Crippen molar-refractivity contribution in [2.75, 3.05) is 32.8 Å². The van der Waals surface area contributed by atoms with E-state index in [9.17, 15) is 9.59 Å². The number of hydrogen-bond donors (Lipinski definition) is 1. The van der Waals surface area contributed by atoms with Crippen molar-refractivity contribution in [1.82, 2.24) is 4.90 Å². The third-order valence-corrected chi connectivity index (χ3v) is 5.19. The molecule has 0 aromatic heterocycles. The first-order valence-electron chi connectivity index (χ1n) is 8.17. The van der Waals surface area contributed by atoms with Crippen LogP contribution >= 0.6 is 0 Å². The summed E-state index contributed by atoms with van der Waals surface area (Å²) < 4.78 is 16.8. The van der Waals surface area contributed by atoms with Crippen molar-refractivity contribution in [3.63, 3.8) is 0 Å². The van der Waals surface area contributed by atoms with Crippen LogP contribution in [0.15, 0.2) is 18.2 Å². The van der Waals surface area contributed by atoms with Gasteiger partial charge in [0, 0.05) is 18.0 Å². The van der Waals surface area contributed by atoms with Crippen molar-refractivity contribution in [2.45, 2.75) is 18.4 Å². The van der Waals surface area contributed by atoms with Crippen LogP contribution in [0.1, 0.15) is 18.4 Å². The maximum absolute atomic E-state index is 11.9. The molecular weight excluding hydrogens is 314 g/mol. The highest BCUT2D eigenvalue weighted by Gasteiger charge is 2.52. The summed E-state index contributed by atoms with van der Waals surface area (Å²) >= 11 is 0. The highest BCUT2D eigenvalue weighted by Crippen LogP contribution is 2.47. The van der Waals surface area contributed by atoms with Gasteiger partial charge in [-0.15, -0.1) is 0 Å². The molecule has 4 aliphatic rings. The van der Waals surface area contributed by atoms with Crippen LogP contribution in [0.25, 0.3) is 0 Å². The second-order valence-electron chi connectivity index (χ2n) is 6.49. The van der Waals surface area contributed by atoms with E-state index in [1.54, 1.807) is 6.07 Å². The molecule has 1 atom stereocenters. The first kappa shape index (κ1) is 15.3. The molecule has 5 rings (SSSR count). The molecule has 0 saturated carbocycles. The molecule has 7 nitrogen and oxygen atoms in total. The Morgan fingerprint density at radius 1 is 1.17 bits per heavy atom. The van der Waals surface area contributed by atoms with Crippen LogP contribution in [-0.2, 0) is 19.9 Å². The van der Waals surface area contributed by atoms with Gasteiger partial charge in [0.25, 0.3) is 0 Å². The van der Waals surface area contributed by atoms with Gasteiger partial charge >= 0.3 is 11.9 Å². The number of carbonyl (C=O) groups is 2. The minimum Gasteiger partial charge on any atom is -0.486 e. The first-order chi connectivity index (χ1) is 11.6. The molecular formula is C17H19NO6. The molecule has 1 aromatic carbocycles. The number of hydrogen-bond acceptors (Lipinski definition) is 6. The predicted octanol–water partition coefficient (Wildman–Crippen LogP) is 1.01. The van der Waals surface area contributed by atoms with Gasteiger partial charge in [-0.1, -0.05) is 6.07 Å². The minimum absolute atomic E-state index is 0.105. The van der Waals surface area contributed by atoms with Gasteiger partial charge in [0.1, 0.15) is 13.2 Å². The molecule has 0 amide bonds. The number of nitrogens with zero attached hydrogens (tertiary/aromatic N) is 1. The number of ether oxygens (including phenoxy) is 3. The van der Waals surface area contributed by atoms with Crippen LogP contribution in [0.4, 0.5) is 0 Å². The molecule has 24 heavy (non-hydrogen) atoms. The Kier molecular flexibility index (Phi) is 3.60. The maximum atomic E-state index is 11.9. The highest BCUT2D eigenvalue weighted by atomic mass is 16.6. The molecule has 1 N–H and O–H groups in total. The van der Waals surface area contributed by atoms with Crippen LogP contribution in [0.3, 0.4) is 0 Å². The van der Waals surface area contributed by atoms with Gasteiger partial charge in [-0.2, -0.15) is 0 Å². The van der Waals surface area contributed by atoms with Crippen molar-refractivity contribution >= 4 is 11.9 Å². The Labute approximate surface area is 139 Å². The zero-order valence-electron chi connectivity index (χ0n) is 13.2. The number of carboxylic acids is 1. The molecule has 3 fully saturated rings. The number of aliphatic carboxylic acids is 1. The van der Waals surface area contributed by atoms with Gasteiger partial charge in [-0.05, 0) is 38.1 Å². The fraction of sp³-hybridized carbons (Fsp3) is 0.529. The Morgan fingerprint density at radius 2 is 1.88 bits per heavy atom. The molecule has 3 saturated heterocycles. The van der Waals surface area contributed by atoms with E-state index in [2.05, 4.69) is 4.90 Å². The second-order valence-corrected chi connectivity index (χ2v) is 6.49. The molecule has 1 unspecified atom stereocenters. The molecule has 2 bridgehead atoms. The van der Waals surface area contributed by atoms with E-state index in [0.29, 0.717) is 31.3 Å². The Bertz CT molecular complexity index is 682. The highest BCUT2D eigenvalue weighted by molar-refractivity contribution is 6.28. The number of piperidine rings is 3. The van der Waals surface area contributed by atoms with E-state index in [4.69, 9.17) is 19.3 Å². The standard InChI is InChI=1S/C17H19NO6/c19-15(20)16(21)24-17(10-18-5-3-11(17)4-6-18)12-1-2-13-14(9-12)23-8-7-22-13/h1-2,9,11H,3-8,10H2,(H,19,20). The third-order valence-electron chi connectivity index (χ3n) is 5.19. The topological polar surface area (TPSA) is 85.3 Å². The smallest absolute Gasteiger partial charge is 0.418 e. The second kappa shape index (κ2) is 5.66. The summed E-state index contributed by atoms with van der Waals surface area (Å²) in [4.78, 5) is 25.1. The SMILES string of the molecule is O=C(O)C(=O)OC1(c2ccc3c(c2)OCCO3)CN2CCC1CC2. The van der Waals surface area contributed by atoms with E-state index < -0.39 is 17.5 Å². The summed E-state index contributed by atoms with van der Waals surface area (Å²) in [6.45, 7) is 3.37. The Balaban J connectivity index is 1.75. The molecule has 7 heteroatoms. The summed E-state index contributed by atoms with van der Waals surface area (Å²) in [5, 5.41) is 9.00. The average molecular weight is 333 g/mol. The number of carbonyl (C=O) groups excluding carboxylic acids is 1. The normalized spacial score (nSPS) is 30.7. The lowest BCUT2D eigenvalue weighted by Crippen LogP contribution is -2.59. The van der Waals surface area contributed by atoms with Gasteiger partial charge in [-0.25, -0.2) is 9.59 Å². The van der Waals surface area contributed by atoms with Crippen molar-refractivity contribution < 1.29 is 28.9 Å². The number of rotatable bonds is 2. The average Bonchev–Trinajstić information content (AvgIpc) is 2.62. The summed E-state index contributed by atoms with van der Waals surface area (Å²) in [6.07, 6.45) is 1.75. The van der Waals surface area contributed by atoms with Crippen LogP contribution in [0.5, 0.6) is 11.5 Å². The molecule has 0 radical (unpaired) electrons. The summed E-state index contributed by atoms with van der Waals surface area (Å²) in [6, 6.07) is 5.48. The van der Waals surface area contributed by atoms with Crippen LogP contribution in [0, 0.1) is 5.92 Å². The predicted molar refractivity (Wildman–Crippen MR) is 82.0 cm³/mol. The number of benzene rings is 1. The van der Waals surface area contributed by atoms with E-state index in [1.165, 1.54) is 0 Å². The van der Waals surface area contributed by atoms with Crippen LogP contribution < -0.4 is 9.47 Å². The molecule has 0 aliphatic carbocycles. The molecule has 0 spiro atoms. The van der Waals surface area contributed by atoms with Crippen molar-refractivity contribution in [2.24, 2.45) is 5.92 Å². The summed E-state index contributed by atoms with van der Waals surface area (Å²) in [7, 11) is 0. The van der Waals surface area contributed by atoms with E-state index in [-0.39, 0.29) is 5.92 Å². The minimum atomic E-state index is -1.57. The van der Waals surface area contributed by atoms with Crippen molar-refractivity contribution in [3.8, 4) is 11.5 Å². The number of carboxylic acid groups (broad SMARTS) is 1. The van der Waals surface area contributed by atoms with Crippen molar-refractivity contribution in [3.05, 3.63) is 23.8 Å². The summed E-state index contributed by atoms with van der Waals surface area (Å²) in [5.41, 5.74) is -0.169. The fourth-order valence-corrected chi connectivity index (χ4v) is 4.04. The lowest BCUT2D eigenvalue weighted by Gasteiger charge is -2.52. The zero-order valence-corrected chi connectivity index (χ0v) is 13.2. The largest absolute Gasteiger partial charge is 0.486 e. The van der Waals surface area contributed by atoms with Crippen molar-refractivity contribution in [1.29, 1.82) is 0 Å². The van der Waals surface area contributed by atoms with Gasteiger partial charge in [-0.3, -0.25) is 4.90 Å². The van der Waals surface area contributed by atoms with Gasteiger partial charge < -0.3 is 19.3 Å².